The second-order valence-electron chi connectivity index (χ2n) is 7.93. The Hall–Kier alpha value is -0.850. The molecule has 0 spiro atoms. The monoisotopic (exact) mass is 330 g/mol. The highest BCUT2D eigenvalue weighted by atomic mass is 16.6. The molecule has 1 amide bonds. The lowest BCUT2D eigenvalue weighted by Gasteiger charge is -2.37. The molecule has 0 saturated heterocycles. The third-order valence-corrected chi connectivity index (χ3v) is 3.47. The topological polar surface area (TPSA) is 70.8 Å². The van der Waals surface area contributed by atoms with Gasteiger partial charge in [-0.05, 0) is 47.7 Å². The van der Waals surface area contributed by atoms with Crippen LogP contribution < -0.4 is 11.1 Å². The number of hydrogen-bond donors (Lipinski definition) is 2. The number of likely N-dealkylation sites (N-methyl/N-ethyl adjacent to an activating group) is 1. The van der Waals surface area contributed by atoms with E-state index in [0.717, 1.165) is 19.6 Å². The summed E-state index contributed by atoms with van der Waals surface area (Å²) in [6.45, 7) is 15.3. The number of nitrogens with two attached hydrogens (primary N) is 1. The smallest absolute Gasteiger partial charge is 0.407 e. The van der Waals surface area contributed by atoms with Crippen LogP contribution in [0.4, 0.5) is 4.79 Å². The molecule has 0 aliphatic rings. The van der Waals surface area contributed by atoms with E-state index >= 15 is 0 Å². The maximum absolute atomic E-state index is 12.0. The molecule has 3 N–H and O–H groups in total. The summed E-state index contributed by atoms with van der Waals surface area (Å²) in [5, 5.41) is 2.93. The van der Waals surface area contributed by atoms with Gasteiger partial charge in [0.25, 0.3) is 0 Å². The maximum atomic E-state index is 12.0. The Morgan fingerprint density at radius 1 is 1.17 bits per heavy atom. The zero-order valence-corrected chi connectivity index (χ0v) is 16.3. The van der Waals surface area contributed by atoms with Crippen LogP contribution in [0.15, 0.2) is 0 Å². The summed E-state index contributed by atoms with van der Waals surface area (Å²) in [5.74, 6) is 0.542. The highest BCUT2D eigenvalue weighted by Gasteiger charge is 2.26. The molecule has 0 bridgehead atoms. The molecule has 0 radical (unpaired) electrons. The minimum Gasteiger partial charge on any atom is -0.444 e. The minimum atomic E-state index is -0.495. The van der Waals surface area contributed by atoms with Gasteiger partial charge in [0.05, 0.1) is 0 Å². The molecule has 0 aliphatic heterocycles. The summed E-state index contributed by atoms with van der Waals surface area (Å²) in [6.07, 6.45) is -0.388. The van der Waals surface area contributed by atoms with Gasteiger partial charge in [-0.15, -0.1) is 0 Å². The Balaban J connectivity index is 4.82. The van der Waals surface area contributed by atoms with E-state index in [0.29, 0.717) is 12.5 Å². The van der Waals surface area contributed by atoms with E-state index in [1.807, 2.05) is 27.7 Å². The van der Waals surface area contributed by atoms with Gasteiger partial charge in [0, 0.05) is 38.3 Å². The van der Waals surface area contributed by atoms with Crippen LogP contribution in [-0.2, 0) is 4.74 Å². The second kappa shape index (κ2) is 10.1. The standard InChI is InChI=1S/C17H38N4O2/c1-13(2)12-21(10-9-20(7)8)15(11-18)14(3)19-16(22)23-17(4,5)6/h13-15H,9-12,18H2,1-8H3,(H,19,22). The van der Waals surface area contributed by atoms with Gasteiger partial charge in [0.1, 0.15) is 5.60 Å². The van der Waals surface area contributed by atoms with Crippen LogP contribution in [-0.4, -0.2) is 73.9 Å². The predicted octanol–water partition coefficient (Wildman–Crippen LogP) is 1.75. The summed E-state index contributed by atoms with van der Waals surface area (Å²) in [7, 11) is 4.13. The SMILES string of the molecule is CC(C)CN(CCN(C)C)C(CN)C(C)NC(=O)OC(C)(C)C. The molecule has 0 rings (SSSR count). The van der Waals surface area contributed by atoms with Gasteiger partial charge in [-0.1, -0.05) is 13.8 Å². The van der Waals surface area contributed by atoms with Crippen molar-refractivity contribution < 1.29 is 9.53 Å². The third kappa shape index (κ3) is 10.5. The Bertz CT molecular complexity index is 340. The van der Waals surface area contributed by atoms with Crippen LogP contribution in [0.5, 0.6) is 0 Å². The van der Waals surface area contributed by atoms with Gasteiger partial charge < -0.3 is 20.7 Å². The number of alkyl carbamates (subject to hydrolysis) is 1. The molecule has 138 valence electrons. The van der Waals surface area contributed by atoms with E-state index in [9.17, 15) is 4.79 Å². The molecule has 0 aliphatic carbocycles. The maximum Gasteiger partial charge on any atom is 0.407 e. The van der Waals surface area contributed by atoms with Crippen LogP contribution in [0.25, 0.3) is 0 Å². The lowest BCUT2D eigenvalue weighted by molar-refractivity contribution is 0.0462. The minimum absolute atomic E-state index is 0.0734. The number of nitrogens with zero attached hydrogens (tertiary/aromatic N) is 2. The average molecular weight is 331 g/mol. The Labute approximate surface area is 142 Å². The van der Waals surface area contributed by atoms with Crippen molar-refractivity contribution in [3.63, 3.8) is 0 Å². The van der Waals surface area contributed by atoms with Crippen molar-refractivity contribution in [1.29, 1.82) is 0 Å². The first-order valence-electron chi connectivity index (χ1n) is 8.54. The number of ether oxygens (including phenoxy) is 1. The molecule has 2 unspecified atom stereocenters. The number of rotatable bonds is 9. The normalized spacial score (nSPS) is 15.1. The van der Waals surface area contributed by atoms with Crippen molar-refractivity contribution in [3.05, 3.63) is 0 Å². The number of hydrogen-bond acceptors (Lipinski definition) is 5. The summed E-state index contributed by atoms with van der Waals surface area (Å²) in [4.78, 5) is 16.5. The summed E-state index contributed by atoms with van der Waals surface area (Å²) < 4.78 is 5.34. The van der Waals surface area contributed by atoms with E-state index in [4.69, 9.17) is 10.5 Å². The molecule has 0 aromatic rings. The van der Waals surface area contributed by atoms with Crippen molar-refractivity contribution >= 4 is 6.09 Å². The van der Waals surface area contributed by atoms with Crippen molar-refractivity contribution in [1.82, 2.24) is 15.1 Å². The number of amides is 1. The van der Waals surface area contributed by atoms with E-state index in [-0.39, 0.29) is 18.2 Å². The van der Waals surface area contributed by atoms with E-state index in [1.54, 1.807) is 0 Å². The first-order chi connectivity index (χ1) is 10.5. The van der Waals surface area contributed by atoms with Gasteiger partial charge >= 0.3 is 6.09 Å². The highest BCUT2D eigenvalue weighted by Crippen LogP contribution is 2.10. The molecule has 0 aromatic carbocycles. The lowest BCUT2D eigenvalue weighted by Crippen LogP contribution is -2.56. The molecule has 0 saturated carbocycles. The molecule has 2 atom stereocenters. The molecular formula is C17H38N4O2. The molecule has 0 heterocycles. The summed E-state index contributed by atoms with van der Waals surface area (Å²) in [6, 6.07) is 0.0145. The Kier molecular flexibility index (Phi) is 9.73. The fourth-order valence-corrected chi connectivity index (χ4v) is 2.45. The molecule has 0 aromatic heterocycles. The molecule has 6 heteroatoms. The van der Waals surface area contributed by atoms with Crippen LogP contribution in [0.3, 0.4) is 0 Å². The van der Waals surface area contributed by atoms with Gasteiger partial charge in [0.15, 0.2) is 0 Å². The first kappa shape index (κ1) is 22.1. The fraction of sp³-hybridized carbons (Fsp3) is 0.941. The van der Waals surface area contributed by atoms with Crippen LogP contribution in [0.1, 0.15) is 41.5 Å². The van der Waals surface area contributed by atoms with Gasteiger partial charge in [-0.3, -0.25) is 4.90 Å². The van der Waals surface area contributed by atoms with Gasteiger partial charge in [-0.25, -0.2) is 4.79 Å². The molecular weight excluding hydrogens is 292 g/mol. The van der Waals surface area contributed by atoms with E-state index < -0.39 is 5.60 Å². The van der Waals surface area contributed by atoms with E-state index in [2.05, 4.69) is 43.1 Å². The van der Waals surface area contributed by atoms with Crippen molar-refractivity contribution in [2.45, 2.75) is 59.2 Å². The van der Waals surface area contributed by atoms with Crippen LogP contribution >= 0.6 is 0 Å². The largest absolute Gasteiger partial charge is 0.444 e. The average Bonchev–Trinajstić information content (AvgIpc) is 2.33. The van der Waals surface area contributed by atoms with E-state index in [1.165, 1.54) is 0 Å². The Morgan fingerprint density at radius 2 is 1.74 bits per heavy atom. The van der Waals surface area contributed by atoms with Crippen molar-refractivity contribution in [3.8, 4) is 0 Å². The lowest BCUT2D eigenvalue weighted by atomic mass is 10.1. The number of nitrogens with one attached hydrogen (secondary N) is 1. The van der Waals surface area contributed by atoms with Crippen LogP contribution in [0.2, 0.25) is 0 Å². The zero-order valence-electron chi connectivity index (χ0n) is 16.3. The highest BCUT2D eigenvalue weighted by molar-refractivity contribution is 5.68. The fourth-order valence-electron chi connectivity index (χ4n) is 2.45. The number of carbonyl (C=O) groups excluding carboxylic acids is 1. The molecule has 0 fully saturated rings. The Morgan fingerprint density at radius 3 is 2.13 bits per heavy atom. The quantitative estimate of drug-likeness (QED) is 0.674. The predicted molar refractivity (Wildman–Crippen MR) is 96.6 cm³/mol. The van der Waals surface area contributed by atoms with Crippen LogP contribution in [0, 0.1) is 5.92 Å². The second-order valence-corrected chi connectivity index (χ2v) is 7.93. The van der Waals surface area contributed by atoms with Gasteiger partial charge in [0.2, 0.25) is 0 Å². The number of carbonyl (C=O) groups is 1. The summed E-state index contributed by atoms with van der Waals surface area (Å²) >= 11 is 0. The van der Waals surface area contributed by atoms with Gasteiger partial charge in [-0.2, -0.15) is 0 Å². The summed E-state index contributed by atoms with van der Waals surface area (Å²) in [5.41, 5.74) is 5.52. The first-order valence-corrected chi connectivity index (χ1v) is 8.54. The zero-order chi connectivity index (χ0) is 18.2. The third-order valence-electron chi connectivity index (χ3n) is 3.47. The van der Waals surface area contributed by atoms with Crippen molar-refractivity contribution in [2.75, 3.05) is 40.3 Å². The van der Waals surface area contributed by atoms with Crippen molar-refractivity contribution in [2.24, 2.45) is 11.7 Å². The molecule has 23 heavy (non-hydrogen) atoms. The molecule has 6 nitrogen and oxygen atoms in total.